The number of aliphatic carboxylic acids is 1. The minimum absolute atomic E-state index is 0.548. The lowest BCUT2D eigenvalue weighted by Crippen LogP contribution is -2.35. The summed E-state index contributed by atoms with van der Waals surface area (Å²) >= 11 is 1.61. The van der Waals surface area contributed by atoms with Gasteiger partial charge >= 0.3 is 5.97 Å². The first-order valence-electron chi connectivity index (χ1n) is 10.6. The van der Waals surface area contributed by atoms with E-state index in [-0.39, 0.29) is 0 Å². The van der Waals surface area contributed by atoms with Gasteiger partial charge in [-0.3, -0.25) is 4.79 Å². The quantitative estimate of drug-likeness (QED) is 0.491. The summed E-state index contributed by atoms with van der Waals surface area (Å²) in [4.78, 5) is 24.1. The molecule has 0 saturated carbocycles. The molecule has 3 aromatic heterocycles. The predicted octanol–water partition coefficient (Wildman–Crippen LogP) is 4.84. The average Bonchev–Trinajstić information content (AvgIpc) is 3.44. The molecule has 0 amide bonds. The van der Waals surface area contributed by atoms with Gasteiger partial charge in [-0.1, -0.05) is 31.2 Å². The van der Waals surface area contributed by atoms with Crippen molar-refractivity contribution < 1.29 is 9.90 Å². The number of fused-ring (bicyclic) bond motifs is 2. The number of carboxylic acid groups (broad SMARTS) is 1. The standard InChI is InChI=1S/C25H25N3O2S/c1-4-21-27-22-15(2)11-16(3)26-23(22)28(21)14-19-9-10-20(31-19)25(24(29)30)12-17-7-5-6-8-18(17)13-25/h5-11H,4,12-14H2,1-3H3,(H,29,30). The van der Waals surface area contributed by atoms with E-state index >= 15 is 0 Å². The summed E-state index contributed by atoms with van der Waals surface area (Å²) in [6, 6.07) is 14.2. The number of carboxylic acids is 1. The van der Waals surface area contributed by atoms with Crippen LogP contribution in [0.4, 0.5) is 0 Å². The number of aromatic nitrogens is 3. The van der Waals surface area contributed by atoms with Crippen LogP contribution in [0.15, 0.2) is 42.5 Å². The summed E-state index contributed by atoms with van der Waals surface area (Å²) in [5.74, 6) is 0.264. The van der Waals surface area contributed by atoms with Gasteiger partial charge in [0, 0.05) is 21.9 Å². The highest BCUT2D eigenvalue weighted by molar-refractivity contribution is 7.12. The number of benzene rings is 1. The van der Waals surface area contributed by atoms with Crippen LogP contribution < -0.4 is 0 Å². The summed E-state index contributed by atoms with van der Waals surface area (Å²) in [6.07, 6.45) is 1.92. The van der Waals surface area contributed by atoms with Crippen molar-refractivity contribution in [3.05, 3.63) is 80.4 Å². The van der Waals surface area contributed by atoms with Crippen LogP contribution in [0.2, 0.25) is 0 Å². The summed E-state index contributed by atoms with van der Waals surface area (Å²) < 4.78 is 2.18. The molecule has 158 valence electrons. The number of hydrogen-bond acceptors (Lipinski definition) is 4. The Kier molecular flexibility index (Phi) is 4.70. The Hall–Kier alpha value is -2.99. The average molecular weight is 432 g/mol. The van der Waals surface area contributed by atoms with Crippen LogP contribution in [0.1, 0.15) is 44.9 Å². The van der Waals surface area contributed by atoms with Crippen LogP contribution >= 0.6 is 11.3 Å². The maximum absolute atomic E-state index is 12.5. The van der Waals surface area contributed by atoms with Crippen LogP contribution in [0.5, 0.6) is 0 Å². The molecule has 0 atom stereocenters. The fraction of sp³-hybridized carbons (Fsp3) is 0.320. The number of imidazole rings is 1. The van der Waals surface area contributed by atoms with Gasteiger partial charge in [-0.25, -0.2) is 9.97 Å². The molecule has 5 nitrogen and oxygen atoms in total. The molecule has 3 heterocycles. The number of pyridine rings is 1. The second kappa shape index (κ2) is 7.31. The molecule has 0 radical (unpaired) electrons. The Morgan fingerprint density at radius 1 is 1.13 bits per heavy atom. The van der Waals surface area contributed by atoms with Gasteiger partial charge < -0.3 is 9.67 Å². The first-order valence-corrected chi connectivity index (χ1v) is 11.5. The van der Waals surface area contributed by atoms with Gasteiger partial charge in [-0.15, -0.1) is 11.3 Å². The molecule has 0 saturated heterocycles. The minimum Gasteiger partial charge on any atom is -0.481 e. The Morgan fingerprint density at radius 3 is 2.48 bits per heavy atom. The van der Waals surface area contributed by atoms with Crippen molar-refractivity contribution in [2.45, 2.75) is 52.0 Å². The Balaban J connectivity index is 1.53. The van der Waals surface area contributed by atoms with E-state index in [1.165, 1.54) is 0 Å². The molecule has 1 aromatic carbocycles. The van der Waals surface area contributed by atoms with E-state index in [1.54, 1.807) is 11.3 Å². The second-order valence-electron chi connectivity index (χ2n) is 8.50. The van der Waals surface area contributed by atoms with Crippen molar-refractivity contribution in [2.24, 2.45) is 0 Å². The van der Waals surface area contributed by atoms with E-state index in [0.717, 1.165) is 55.5 Å². The van der Waals surface area contributed by atoms with E-state index < -0.39 is 11.4 Å². The molecular weight excluding hydrogens is 406 g/mol. The van der Waals surface area contributed by atoms with E-state index in [0.29, 0.717) is 19.4 Å². The largest absolute Gasteiger partial charge is 0.481 e. The van der Waals surface area contributed by atoms with Crippen molar-refractivity contribution in [1.82, 2.24) is 14.5 Å². The Morgan fingerprint density at radius 2 is 1.84 bits per heavy atom. The lowest BCUT2D eigenvalue weighted by molar-refractivity contribution is -0.143. The topological polar surface area (TPSA) is 68.0 Å². The van der Waals surface area contributed by atoms with Crippen LogP contribution in [0, 0.1) is 13.8 Å². The second-order valence-corrected chi connectivity index (χ2v) is 9.66. The fourth-order valence-electron chi connectivity index (χ4n) is 4.81. The number of thiophene rings is 1. The molecular formula is C25H25N3O2S. The lowest BCUT2D eigenvalue weighted by Gasteiger charge is -2.22. The molecule has 5 rings (SSSR count). The third-order valence-corrected chi connectivity index (χ3v) is 7.65. The monoisotopic (exact) mass is 431 g/mol. The molecule has 0 spiro atoms. The van der Waals surface area contributed by atoms with Gasteiger partial charge in [0.05, 0.1) is 6.54 Å². The van der Waals surface area contributed by atoms with Crippen LogP contribution in [0.25, 0.3) is 11.2 Å². The van der Waals surface area contributed by atoms with Crippen molar-refractivity contribution in [1.29, 1.82) is 0 Å². The fourth-order valence-corrected chi connectivity index (χ4v) is 5.98. The third-order valence-electron chi connectivity index (χ3n) is 6.38. The van der Waals surface area contributed by atoms with E-state index in [4.69, 9.17) is 9.97 Å². The highest BCUT2D eigenvalue weighted by Crippen LogP contribution is 2.43. The van der Waals surface area contributed by atoms with E-state index in [2.05, 4.69) is 42.7 Å². The van der Waals surface area contributed by atoms with E-state index in [1.807, 2.05) is 25.1 Å². The first-order chi connectivity index (χ1) is 14.9. The maximum Gasteiger partial charge on any atom is 0.315 e. The van der Waals surface area contributed by atoms with E-state index in [9.17, 15) is 9.90 Å². The number of nitrogens with zero attached hydrogens (tertiary/aromatic N) is 3. The highest BCUT2D eigenvalue weighted by Gasteiger charge is 2.46. The van der Waals surface area contributed by atoms with Gasteiger partial charge in [0.15, 0.2) is 5.65 Å². The SMILES string of the molecule is CCc1nc2c(C)cc(C)nc2n1Cc1ccc(C2(C(=O)O)Cc3ccccc3C2)s1. The molecule has 0 fully saturated rings. The molecule has 1 N–H and O–H groups in total. The molecule has 0 bridgehead atoms. The number of hydrogen-bond donors (Lipinski definition) is 1. The van der Waals surface area contributed by atoms with Crippen molar-refractivity contribution in [3.63, 3.8) is 0 Å². The van der Waals surface area contributed by atoms with Crippen molar-refractivity contribution in [2.75, 3.05) is 0 Å². The predicted molar refractivity (Wildman–Crippen MR) is 123 cm³/mol. The van der Waals surface area contributed by atoms with Gasteiger partial charge in [0.25, 0.3) is 0 Å². The van der Waals surface area contributed by atoms with Crippen molar-refractivity contribution >= 4 is 28.5 Å². The molecule has 1 aliphatic rings. The smallest absolute Gasteiger partial charge is 0.315 e. The molecule has 0 aliphatic heterocycles. The minimum atomic E-state index is -0.872. The van der Waals surface area contributed by atoms with Crippen molar-refractivity contribution in [3.8, 4) is 0 Å². The summed E-state index contributed by atoms with van der Waals surface area (Å²) in [5.41, 5.74) is 5.39. The normalized spacial score (nSPS) is 14.8. The maximum atomic E-state index is 12.5. The Labute approximate surface area is 185 Å². The first kappa shape index (κ1) is 19.9. The number of carbonyl (C=O) groups is 1. The Bertz CT molecular complexity index is 1290. The zero-order valence-electron chi connectivity index (χ0n) is 18.0. The van der Waals surface area contributed by atoms with Crippen LogP contribution in [0.3, 0.4) is 0 Å². The number of rotatable bonds is 5. The van der Waals surface area contributed by atoms with Crippen LogP contribution in [-0.4, -0.2) is 25.6 Å². The molecule has 1 aliphatic carbocycles. The summed E-state index contributed by atoms with van der Waals surface area (Å²) in [6.45, 7) is 6.84. The molecule has 31 heavy (non-hydrogen) atoms. The van der Waals surface area contributed by atoms with Gasteiger partial charge in [-0.2, -0.15) is 0 Å². The summed E-state index contributed by atoms with van der Waals surface area (Å²) in [5, 5.41) is 10.2. The van der Waals surface area contributed by atoms with Gasteiger partial charge in [0.1, 0.15) is 16.8 Å². The molecule has 4 aromatic rings. The molecule has 0 unspecified atom stereocenters. The summed E-state index contributed by atoms with van der Waals surface area (Å²) in [7, 11) is 0. The van der Waals surface area contributed by atoms with Crippen LogP contribution in [-0.2, 0) is 36.0 Å². The zero-order valence-corrected chi connectivity index (χ0v) is 18.8. The molecule has 6 heteroatoms. The highest BCUT2D eigenvalue weighted by atomic mass is 32.1. The third kappa shape index (κ3) is 3.17. The van der Waals surface area contributed by atoms with Gasteiger partial charge in [0.2, 0.25) is 0 Å². The van der Waals surface area contributed by atoms with Gasteiger partial charge in [-0.05, 0) is 61.6 Å². The zero-order chi connectivity index (χ0) is 21.8. The number of aryl methyl sites for hydroxylation is 3. The lowest BCUT2D eigenvalue weighted by atomic mass is 9.83.